The predicted molar refractivity (Wildman–Crippen MR) is 87.8 cm³/mol. The molecule has 136 valence electrons. The number of hydrogen-bond donors (Lipinski definition) is 1. The summed E-state index contributed by atoms with van der Waals surface area (Å²) < 4.78 is 42.1. The number of amides is 1. The van der Waals surface area contributed by atoms with Gasteiger partial charge in [-0.15, -0.1) is 0 Å². The van der Waals surface area contributed by atoms with Gasteiger partial charge in [-0.1, -0.05) is 12.1 Å². The minimum Gasteiger partial charge on any atom is -0.352 e. The number of imidazole rings is 1. The highest BCUT2D eigenvalue weighted by molar-refractivity contribution is 5.75. The number of halogens is 3. The number of carbonyl (C=O) groups is 1. The predicted octanol–water partition coefficient (Wildman–Crippen LogP) is 2.60. The van der Waals surface area contributed by atoms with Crippen molar-refractivity contribution in [2.24, 2.45) is 7.05 Å². The van der Waals surface area contributed by atoms with Crippen LogP contribution in [0.5, 0.6) is 0 Å². The zero-order valence-corrected chi connectivity index (χ0v) is 14.2. The molecule has 2 aromatic rings. The van der Waals surface area contributed by atoms with Crippen molar-refractivity contribution < 1.29 is 18.0 Å². The molecule has 1 N–H and O–H groups in total. The van der Waals surface area contributed by atoms with Gasteiger partial charge >= 0.3 is 6.18 Å². The van der Waals surface area contributed by atoms with Gasteiger partial charge in [0.25, 0.3) is 0 Å². The Hall–Kier alpha value is -2.09. The molecule has 1 aliphatic heterocycles. The lowest BCUT2D eigenvalue weighted by Gasteiger charge is -2.40. The number of likely N-dealkylation sites (tertiary alicyclic amines) is 1. The monoisotopic (exact) mass is 354 g/mol. The lowest BCUT2D eigenvalue weighted by Crippen LogP contribution is -2.55. The smallest absolute Gasteiger partial charge is 0.352 e. The third-order valence-electron chi connectivity index (χ3n) is 4.69. The fourth-order valence-electron chi connectivity index (χ4n) is 3.51. The number of fused-ring (bicyclic) bond motifs is 1. The molecule has 0 unspecified atom stereocenters. The normalized spacial score (nSPS) is 22.3. The summed E-state index contributed by atoms with van der Waals surface area (Å²) in [7, 11) is 1.81. The molecule has 1 aromatic carbocycles. The molecule has 0 aliphatic carbocycles. The number of benzene rings is 1. The van der Waals surface area contributed by atoms with Gasteiger partial charge in [0.1, 0.15) is 11.9 Å². The van der Waals surface area contributed by atoms with Crippen LogP contribution in [0.1, 0.15) is 25.6 Å². The summed E-state index contributed by atoms with van der Waals surface area (Å²) in [6.45, 7) is 1.63. The minimum absolute atomic E-state index is 0.0294. The van der Waals surface area contributed by atoms with Crippen molar-refractivity contribution in [2.45, 2.75) is 44.6 Å². The minimum atomic E-state index is -4.30. The van der Waals surface area contributed by atoms with Crippen LogP contribution in [0.2, 0.25) is 0 Å². The van der Waals surface area contributed by atoms with Crippen LogP contribution in [-0.2, 0) is 18.4 Å². The van der Waals surface area contributed by atoms with Crippen molar-refractivity contribution in [1.29, 1.82) is 0 Å². The number of nitrogens with zero attached hydrogens (tertiary/aromatic N) is 3. The van der Waals surface area contributed by atoms with E-state index in [1.165, 1.54) is 11.8 Å². The lowest BCUT2D eigenvalue weighted by molar-refractivity contribution is -0.194. The molecule has 3 rings (SSSR count). The largest absolute Gasteiger partial charge is 0.404 e. The van der Waals surface area contributed by atoms with Gasteiger partial charge in [0, 0.05) is 26.6 Å². The van der Waals surface area contributed by atoms with E-state index in [0.717, 1.165) is 11.0 Å². The van der Waals surface area contributed by atoms with E-state index in [9.17, 15) is 18.0 Å². The second-order valence-electron chi connectivity index (χ2n) is 6.54. The number of nitrogens with one attached hydrogen (secondary N) is 1. The average Bonchev–Trinajstić information content (AvgIpc) is 2.82. The Morgan fingerprint density at radius 1 is 1.32 bits per heavy atom. The second-order valence-corrected chi connectivity index (χ2v) is 6.54. The van der Waals surface area contributed by atoms with Crippen molar-refractivity contribution >= 4 is 16.9 Å². The molecule has 0 saturated carbocycles. The first kappa shape index (κ1) is 17.7. The van der Waals surface area contributed by atoms with Gasteiger partial charge in [-0.25, -0.2) is 4.98 Å². The van der Waals surface area contributed by atoms with Crippen LogP contribution < -0.4 is 5.32 Å². The Morgan fingerprint density at radius 2 is 2.04 bits per heavy atom. The maximum Gasteiger partial charge on any atom is 0.404 e. The molecular formula is C17H21F3N4O. The van der Waals surface area contributed by atoms with Crippen LogP contribution in [0.25, 0.3) is 11.0 Å². The molecule has 1 saturated heterocycles. The van der Waals surface area contributed by atoms with E-state index in [1.54, 1.807) is 0 Å². The van der Waals surface area contributed by atoms with Gasteiger partial charge in [0.05, 0.1) is 17.6 Å². The highest BCUT2D eigenvalue weighted by Gasteiger charge is 2.46. The number of alkyl halides is 3. The average molecular weight is 354 g/mol. The molecule has 25 heavy (non-hydrogen) atoms. The van der Waals surface area contributed by atoms with Gasteiger partial charge < -0.3 is 9.88 Å². The molecule has 1 aliphatic rings. The van der Waals surface area contributed by atoms with Crippen molar-refractivity contribution in [3.63, 3.8) is 0 Å². The lowest BCUT2D eigenvalue weighted by atomic mass is 9.97. The first-order chi connectivity index (χ1) is 11.8. The van der Waals surface area contributed by atoms with Crippen molar-refractivity contribution in [1.82, 2.24) is 19.8 Å². The fourth-order valence-corrected chi connectivity index (χ4v) is 3.51. The van der Waals surface area contributed by atoms with E-state index in [4.69, 9.17) is 0 Å². The van der Waals surface area contributed by atoms with Gasteiger partial charge in [0.2, 0.25) is 5.91 Å². The van der Waals surface area contributed by atoms with Crippen LogP contribution in [-0.4, -0.2) is 45.2 Å². The molecule has 0 bridgehead atoms. The van der Waals surface area contributed by atoms with E-state index in [2.05, 4.69) is 10.3 Å². The molecule has 8 heteroatoms. The Labute approximate surface area is 143 Å². The van der Waals surface area contributed by atoms with Crippen molar-refractivity contribution in [3.05, 3.63) is 30.1 Å². The maximum atomic E-state index is 13.4. The Bertz CT molecular complexity index is 771. The fraction of sp³-hybridized carbons (Fsp3) is 0.529. The number of aromatic nitrogens is 2. The molecule has 2 heterocycles. The van der Waals surface area contributed by atoms with E-state index in [1.807, 2.05) is 35.9 Å². The summed E-state index contributed by atoms with van der Waals surface area (Å²) in [5.74, 6) is 0.358. The molecular weight excluding hydrogens is 333 g/mol. The first-order valence-electron chi connectivity index (χ1n) is 8.24. The highest BCUT2D eigenvalue weighted by atomic mass is 19.4. The van der Waals surface area contributed by atoms with Gasteiger partial charge in [0.15, 0.2) is 0 Å². The second kappa shape index (κ2) is 6.67. The standard InChI is InChI=1S/C17H21F3N4O/c1-11(25)21-12-7-8-15(17(18,19)20)24(9-12)10-16-22-13-5-3-4-6-14(13)23(16)2/h3-6,12,15H,7-10H2,1-2H3,(H,21,25)/t12-,15+/m1/s1. The Morgan fingerprint density at radius 3 is 2.68 bits per heavy atom. The molecule has 2 atom stereocenters. The molecule has 5 nitrogen and oxygen atoms in total. The summed E-state index contributed by atoms with van der Waals surface area (Å²) in [5, 5.41) is 2.74. The van der Waals surface area contributed by atoms with E-state index in [-0.39, 0.29) is 31.5 Å². The van der Waals surface area contributed by atoms with Gasteiger partial charge in [-0.2, -0.15) is 13.2 Å². The molecule has 0 radical (unpaired) electrons. The summed E-state index contributed by atoms with van der Waals surface area (Å²) in [4.78, 5) is 17.1. The number of aryl methyl sites for hydroxylation is 1. The number of hydrogen-bond acceptors (Lipinski definition) is 3. The van der Waals surface area contributed by atoms with Crippen LogP contribution in [0.4, 0.5) is 13.2 Å². The topological polar surface area (TPSA) is 50.2 Å². The summed E-state index contributed by atoms with van der Waals surface area (Å²) >= 11 is 0. The van der Waals surface area contributed by atoms with E-state index in [0.29, 0.717) is 12.2 Å². The number of para-hydroxylation sites is 2. The van der Waals surface area contributed by atoms with E-state index < -0.39 is 12.2 Å². The summed E-state index contributed by atoms with van der Waals surface area (Å²) in [6, 6.07) is 5.67. The van der Waals surface area contributed by atoms with Crippen molar-refractivity contribution in [2.75, 3.05) is 6.54 Å². The van der Waals surface area contributed by atoms with Crippen LogP contribution in [0, 0.1) is 0 Å². The summed E-state index contributed by atoms with van der Waals surface area (Å²) in [6.07, 6.45) is -4.01. The van der Waals surface area contributed by atoms with Gasteiger partial charge in [-0.05, 0) is 25.0 Å². The molecule has 1 fully saturated rings. The van der Waals surface area contributed by atoms with Crippen LogP contribution >= 0.6 is 0 Å². The quantitative estimate of drug-likeness (QED) is 0.922. The highest BCUT2D eigenvalue weighted by Crippen LogP contribution is 2.33. The third kappa shape index (κ3) is 3.78. The number of carbonyl (C=O) groups excluding carboxylic acids is 1. The number of piperidine rings is 1. The third-order valence-corrected chi connectivity index (χ3v) is 4.69. The maximum absolute atomic E-state index is 13.4. The van der Waals surface area contributed by atoms with Crippen LogP contribution in [0.3, 0.4) is 0 Å². The van der Waals surface area contributed by atoms with Crippen molar-refractivity contribution in [3.8, 4) is 0 Å². The zero-order chi connectivity index (χ0) is 18.2. The zero-order valence-electron chi connectivity index (χ0n) is 14.2. The SMILES string of the molecule is CC(=O)N[C@@H]1CC[C@@H](C(F)(F)F)N(Cc2nc3ccccc3n2C)C1. The summed E-state index contributed by atoms with van der Waals surface area (Å²) in [5.41, 5.74) is 1.65. The van der Waals surface area contributed by atoms with Gasteiger partial charge in [-0.3, -0.25) is 9.69 Å². The van der Waals surface area contributed by atoms with Crippen LogP contribution in [0.15, 0.2) is 24.3 Å². The molecule has 0 spiro atoms. The van der Waals surface area contributed by atoms with E-state index >= 15 is 0 Å². The Kier molecular flexibility index (Phi) is 4.73. The molecule has 1 aromatic heterocycles. The number of rotatable bonds is 3. The first-order valence-corrected chi connectivity index (χ1v) is 8.24. The molecule has 1 amide bonds. The Balaban J connectivity index is 1.86.